The summed E-state index contributed by atoms with van der Waals surface area (Å²) < 4.78 is 13.8. The molecule has 8 heteroatoms. The van der Waals surface area contributed by atoms with Gasteiger partial charge in [-0.05, 0) is 44.2 Å². The largest absolute Gasteiger partial charge is 0.372 e. The number of likely N-dealkylation sites (tertiary alicyclic amines) is 1. The highest BCUT2D eigenvalue weighted by atomic mass is 127. The molecule has 1 amide bonds. The molecule has 2 rings (SSSR count). The van der Waals surface area contributed by atoms with E-state index >= 15 is 0 Å². The fourth-order valence-corrected chi connectivity index (χ4v) is 3.51. The summed E-state index contributed by atoms with van der Waals surface area (Å²) in [4.78, 5) is 20.5. The van der Waals surface area contributed by atoms with Gasteiger partial charge in [0.25, 0.3) is 0 Å². The van der Waals surface area contributed by atoms with E-state index in [9.17, 15) is 9.18 Å². The normalized spacial score (nSPS) is 14.9. The maximum atomic E-state index is 13.8. The molecule has 0 bridgehead atoms. The third-order valence-corrected chi connectivity index (χ3v) is 5.18. The number of para-hydroxylation sites is 1. The number of hydrogen-bond acceptors (Lipinski definition) is 3. The number of amides is 1. The summed E-state index contributed by atoms with van der Waals surface area (Å²) in [5.41, 5.74) is 0.622. The van der Waals surface area contributed by atoms with E-state index in [-0.39, 0.29) is 35.7 Å². The highest BCUT2D eigenvalue weighted by Crippen LogP contribution is 2.20. The van der Waals surface area contributed by atoms with Gasteiger partial charge in [-0.1, -0.05) is 12.1 Å². The summed E-state index contributed by atoms with van der Waals surface area (Å²) in [7, 11) is 3.60. The average molecular weight is 519 g/mol. The molecule has 1 fully saturated rings. The number of benzene rings is 1. The van der Waals surface area contributed by atoms with Crippen LogP contribution in [0.1, 0.15) is 32.6 Å². The van der Waals surface area contributed by atoms with E-state index in [1.54, 1.807) is 19.2 Å². The van der Waals surface area contributed by atoms with Crippen molar-refractivity contribution in [3.63, 3.8) is 0 Å². The minimum atomic E-state index is -0.193. The van der Waals surface area contributed by atoms with Crippen molar-refractivity contribution in [2.24, 2.45) is 10.9 Å². The molecule has 1 aliphatic rings. The zero-order valence-electron chi connectivity index (χ0n) is 17.8. The Balaban J connectivity index is 0.00000420. The van der Waals surface area contributed by atoms with Crippen molar-refractivity contribution >= 4 is 41.5 Å². The van der Waals surface area contributed by atoms with Crippen molar-refractivity contribution in [3.05, 3.63) is 30.1 Å². The van der Waals surface area contributed by atoms with Crippen molar-refractivity contribution in [1.82, 2.24) is 15.5 Å². The molecule has 1 saturated heterocycles. The molecular formula is C21H35FIN5O. The maximum absolute atomic E-state index is 13.8. The SMILES string of the molecule is CCNC(=NCCCN(C)c1ccccc1F)N1CCC(CC(=O)NC)CC1.I. The van der Waals surface area contributed by atoms with E-state index < -0.39 is 0 Å². The Morgan fingerprint density at radius 3 is 2.62 bits per heavy atom. The third-order valence-electron chi connectivity index (χ3n) is 5.18. The lowest BCUT2D eigenvalue weighted by molar-refractivity contribution is -0.121. The van der Waals surface area contributed by atoms with Gasteiger partial charge in [0, 0.05) is 53.2 Å². The number of halogens is 2. The first-order valence-electron chi connectivity index (χ1n) is 10.2. The molecule has 0 saturated carbocycles. The molecular weight excluding hydrogens is 484 g/mol. The molecule has 0 atom stereocenters. The molecule has 6 nitrogen and oxygen atoms in total. The Bertz CT molecular complexity index is 650. The number of anilines is 1. The number of piperidine rings is 1. The summed E-state index contributed by atoms with van der Waals surface area (Å²) in [6.45, 7) is 6.18. The number of nitrogens with one attached hydrogen (secondary N) is 2. The van der Waals surface area contributed by atoms with Gasteiger partial charge in [0.2, 0.25) is 5.91 Å². The number of nitrogens with zero attached hydrogens (tertiary/aromatic N) is 3. The van der Waals surface area contributed by atoms with Gasteiger partial charge in [-0.2, -0.15) is 0 Å². The van der Waals surface area contributed by atoms with Crippen molar-refractivity contribution in [3.8, 4) is 0 Å². The van der Waals surface area contributed by atoms with Crippen LogP contribution in [0.4, 0.5) is 10.1 Å². The van der Waals surface area contributed by atoms with E-state index in [1.165, 1.54) is 6.07 Å². The van der Waals surface area contributed by atoms with E-state index in [2.05, 4.69) is 22.5 Å². The number of carbonyl (C=O) groups excluding carboxylic acids is 1. The summed E-state index contributed by atoms with van der Waals surface area (Å²) >= 11 is 0. The fourth-order valence-electron chi connectivity index (χ4n) is 3.51. The maximum Gasteiger partial charge on any atom is 0.220 e. The van der Waals surface area contributed by atoms with E-state index in [0.29, 0.717) is 24.6 Å². The second-order valence-corrected chi connectivity index (χ2v) is 7.27. The minimum Gasteiger partial charge on any atom is -0.372 e. The predicted octanol–water partition coefficient (Wildman–Crippen LogP) is 3.08. The summed E-state index contributed by atoms with van der Waals surface area (Å²) in [5, 5.41) is 6.08. The molecule has 1 aromatic rings. The topological polar surface area (TPSA) is 60.0 Å². The van der Waals surface area contributed by atoms with Crippen molar-refractivity contribution in [2.75, 3.05) is 51.7 Å². The van der Waals surface area contributed by atoms with Crippen LogP contribution in [0.2, 0.25) is 0 Å². The first-order chi connectivity index (χ1) is 13.5. The number of rotatable bonds is 8. The van der Waals surface area contributed by atoms with E-state index in [0.717, 1.165) is 51.4 Å². The monoisotopic (exact) mass is 519 g/mol. The Morgan fingerprint density at radius 2 is 2.00 bits per heavy atom. The fraction of sp³-hybridized carbons (Fsp3) is 0.619. The second-order valence-electron chi connectivity index (χ2n) is 7.27. The van der Waals surface area contributed by atoms with Gasteiger partial charge >= 0.3 is 0 Å². The predicted molar refractivity (Wildman–Crippen MR) is 129 cm³/mol. The molecule has 0 radical (unpaired) electrons. The van der Waals surface area contributed by atoms with Gasteiger partial charge < -0.3 is 20.4 Å². The molecule has 0 spiro atoms. The van der Waals surface area contributed by atoms with Crippen LogP contribution in [0.15, 0.2) is 29.3 Å². The molecule has 0 aliphatic carbocycles. The Kier molecular flexibility index (Phi) is 11.9. The van der Waals surface area contributed by atoms with Gasteiger partial charge in [-0.15, -0.1) is 24.0 Å². The van der Waals surface area contributed by atoms with Gasteiger partial charge in [0.15, 0.2) is 5.96 Å². The lowest BCUT2D eigenvalue weighted by atomic mass is 9.93. The average Bonchev–Trinajstić information content (AvgIpc) is 2.71. The summed E-state index contributed by atoms with van der Waals surface area (Å²) in [6, 6.07) is 6.84. The second kappa shape index (κ2) is 13.6. The van der Waals surface area contributed by atoms with Crippen LogP contribution in [-0.4, -0.2) is 63.6 Å². The van der Waals surface area contributed by atoms with Crippen molar-refractivity contribution < 1.29 is 9.18 Å². The van der Waals surface area contributed by atoms with Crippen LogP contribution in [0.25, 0.3) is 0 Å². The lowest BCUT2D eigenvalue weighted by Crippen LogP contribution is -2.46. The summed E-state index contributed by atoms with van der Waals surface area (Å²) in [5.74, 6) is 1.32. The first-order valence-corrected chi connectivity index (χ1v) is 10.2. The van der Waals surface area contributed by atoms with Crippen molar-refractivity contribution in [1.29, 1.82) is 0 Å². The van der Waals surface area contributed by atoms with Gasteiger partial charge in [0.05, 0.1) is 5.69 Å². The Hall–Kier alpha value is -1.58. The zero-order chi connectivity index (χ0) is 20.4. The quantitative estimate of drug-likeness (QED) is 0.240. The number of hydrogen-bond donors (Lipinski definition) is 2. The van der Waals surface area contributed by atoms with E-state index in [4.69, 9.17) is 4.99 Å². The molecule has 164 valence electrons. The molecule has 2 N–H and O–H groups in total. The summed E-state index contributed by atoms with van der Waals surface area (Å²) in [6.07, 6.45) is 3.48. The zero-order valence-corrected chi connectivity index (χ0v) is 20.1. The number of guanidine groups is 1. The molecule has 1 heterocycles. The van der Waals surface area contributed by atoms with Gasteiger partial charge in [-0.25, -0.2) is 4.39 Å². The highest BCUT2D eigenvalue weighted by Gasteiger charge is 2.23. The van der Waals surface area contributed by atoms with Crippen LogP contribution in [0, 0.1) is 11.7 Å². The third kappa shape index (κ3) is 8.36. The number of aliphatic imine (C=N–C) groups is 1. The highest BCUT2D eigenvalue weighted by molar-refractivity contribution is 14.0. The van der Waals surface area contributed by atoms with Crippen LogP contribution in [0.5, 0.6) is 0 Å². The van der Waals surface area contributed by atoms with Crippen molar-refractivity contribution in [2.45, 2.75) is 32.6 Å². The smallest absolute Gasteiger partial charge is 0.220 e. The van der Waals surface area contributed by atoms with Crippen LogP contribution >= 0.6 is 24.0 Å². The standard InChI is InChI=1S/C21H34FN5O.HI/c1-4-24-21(27-14-10-17(11-15-27)16-20(28)23-2)25-12-7-13-26(3)19-9-6-5-8-18(19)22;/h5-6,8-9,17H,4,7,10-16H2,1-3H3,(H,23,28)(H,24,25);1H. The first kappa shape index (κ1) is 25.5. The van der Waals surface area contributed by atoms with Crippen LogP contribution < -0.4 is 15.5 Å². The Morgan fingerprint density at radius 1 is 1.31 bits per heavy atom. The molecule has 29 heavy (non-hydrogen) atoms. The van der Waals surface area contributed by atoms with Gasteiger partial charge in [-0.3, -0.25) is 9.79 Å². The van der Waals surface area contributed by atoms with Crippen LogP contribution in [-0.2, 0) is 4.79 Å². The Labute approximate surface area is 191 Å². The minimum absolute atomic E-state index is 0. The van der Waals surface area contributed by atoms with Gasteiger partial charge in [0.1, 0.15) is 5.82 Å². The molecule has 0 aromatic heterocycles. The molecule has 0 unspecified atom stereocenters. The lowest BCUT2D eigenvalue weighted by Gasteiger charge is -2.34. The molecule has 1 aliphatic heterocycles. The number of carbonyl (C=O) groups is 1. The van der Waals surface area contributed by atoms with E-state index in [1.807, 2.05) is 18.0 Å². The van der Waals surface area contributed by atoms with Crippen LogP contribution in [0.3, 0.4) is 0 Å². The molecule has 1 aromatic carbocycles.